The summed E-state index contributed by atoms with van der Waals surface area (Å²) in [6.07, 6.45) is 3.90. The van der Waals surface area contributed by atoms with E-state index in [1.807, 2.05) is 0 Å². The molecule has 0 aromatic heterocycles. The van der Waals surface area contributed by atoms with Crippen LogP contribution in [0.1, 0.15) is 24.8 Å². The summed E-state index contributed by atoms with van der Waals surface area (Å²) in [5.74, 6) is 1.04. The fourth-order valence-electron chi connectivity index (χ4n) is 3.51. The first-order valence-corrected chi connectivity index (χ1v) is 8.30. The third kappa shape index (κ3) is 2.74. The van der Waals surface area contributed by atoms with E-state index in [2.05, 4.69) is 44.3 Å². The lowest BCUT2D eigenvalue weighted by atomic mass is 9.63. The van der Waals surface area contributed by atoms with E-state index in [1.165, 1.54) is 31.4 Å². The van der Waals surface area contributed by atoms with Gasteiger partial charge < -0.3 is 10.1 Å². The summed E-state index contributed by atoms with van der Waals surface area (Å²) in [6.45, 7) is 5.73. The number of hydrogen-bond acceptors (Lipinski definition) is 3. The van der Waals surface area contributed by atoms with Gasteiger partial charge in [0.2, 0.25) is 0 Å². The normalized spacial score (nSPS) is 22.3. The Morgan fingerprint density at radius 1 is 1.30 bits per heavy atom. The molecule has 4 heteroatoms. The van der Waals surface area contributed by atoms with Gasteiger partial charge in [-0.05, 0) is 31.0 Å². The van der Waals surface area contributed by atoms with Crippen molar-refractivity contribution in [2.75, 3.05) is 39.8 Å². The second-order valence-corrected chi connectivity index (χ2v) is 6.92. The topological polar surface area (TPSA) is 24.5 Å². The molecule has 110 valence electrons. The van der Waals surface area contributed by atoms with Gasteiger partial charge in [0.1, 0.15) is 5.75 Å². The van der Waals surface area contributed by atoms with E-state index in [1.54, 1.807) is 7.11 Å². The van der Waals surface area contributed by atoms with E-state index in [0.29, 0.717) is 5.41 Å². The minimum absolute atomic E-state index is 0.298. The molecule has 0 unspecified atom stereocenters. The van der Waals surface area contributed by atoms with Crippen molar-refractivity contribution in [1.82, 2.24) is 10.2 Å². The third-order valence-electron chi connectivity index (χ3n) is 4.78. The summed E-state index contributed by atoms with van der Waals surface area (Å²) in [5, 5.41) is 3.43. The van der Waals surface area contributed by atoms with E-state index in [4.69, 9.17) is 4.74 Å². The predicted octanol–water partition coefficient (Wildman–Crippen LogP) is 2.78. The average molecular weight is 339 g/mol. The van der Waals surface area contributed by atoms with Crippen molar-refractivity contribution in [3.63, 3.8) is 0 Å². The lowest BCUT2D eigenvalue weighted by Crippen LogP contribution is -2.51. The Morgan fingerprint density at radius 3 is 2.65 bits per heavy atom. The van der Waals surface area contributed by atoms with Crippen molar-refractivity contribution in [2.45, 2.75) is 24.7 Å². The number of hydrogen-bond donors (Lipinski definition) is 1. The second-order valence-electron chi connectivity index (χ2n) is 6.00. The van der Waals surface area contributed by atoms with Gasteiger partial charge in [-0.2, -0.15) is 0 Å². The number of methoxy groups -OCH3 is 1. The van der Waals surface area contributed by atoms with Crippen molar-refractivity contribution in [3.05, 3.63) is 28.2 Å². The highest BCUT2D eigenvalue weighted by Crippen LogP contribution is 2.48. The summed E-state index contributed by atoms with van der Waals surface area (Å²) in [5.41, 5.74) is 1.69. The highest BCUT2D eigenvalue weighted by Gasteiger charge is 2.42. The smallest absolute Gasteiger partial charge is 0.122 e. The summed E-state index contributed by atoms with van der Waals surface area (Å²) in [6, 6.07) is 6.43. The van der Waals surface area contributed by atoms with Crippen LogP contribution in [0.4, 0.5) is 0 Å². The molecule has 1 saturated heterocycles. The van der Waals surface area contributed by atoms with Crippen molar-refractivity contribution in [3.8, 4) is 5.75 Å². The fourth-order valence-corrected chi connectivity index (χ4v) is 3.87. The van der Waals surface area contributed by atoms with E-state index < -0.39 is 0 Å². The number of nitrogens with one attached hydrogen (secondary N) is 1. The van der Waals surface area contributed by atoms with Crippen LogP contribution in [-0.2, 0) is 5.41 Å². The average Bonchev–Trinajstić information content (AvgIpc) is 2.44. The standard InChI is InChI=1S/C16H23BrN2O/c1-20-15-4-3-13(17)11-14(15)16(5-2-6-16)12-19-9-7-18-8-10-19/h3-4,11,18H,2,5-10,12H2,1H3. The van der Waals surface area contributed by atoms with Gasteiger partial charge in [0.05, 0.1) is 7.11 Å². The quantitative estimate of drug-likeness (QED) is 0.913. The fraction of sp³-hybridized carbons (Fsp3) is 0.625. The molecule has 3 nitrogen and oxygen atoms in total. The minimum Gasteiger partial charge on any atom is -0.496 e. The summed E-state index contributed by atoms with van der Waals surface area (Å²) >= 11 is 3.62. The molecule has 20 heavy (non-hydrogen) atoms. The van der Waals surface area contributed by atoms with Gasteiger partial charge in [-0.25, -0.2) is 0 Å². The second kappa shape index (κ2) is 6.04. The molecule has 0 spiro atoms. The first kappa shape index (κ1) is 14.4. The van der Waals surface area contributed by atoms with Gasteiger partial charge in [0.25, 0.3) is 0 Å². The molecule has 0 atom stereocenters. The Morgan fingerprint density at radius 2 is 2.05 bits per heavy atom. The number of halogens is 1. The number of rotatable bonds is 4. The molecule has 2 aliphatic rings. The zero-order valence-electron chi connectivity index (χ0n) is 12.1. The third-order valence-corrected chi connectivity index (χ3v) is 5.27. The van der Waals surface area contributed by atoms with E-state index in [0.717, 1.165) is 36.4 Å². The van der Waals surface area contributed by atoms with Crippen LogP contribution in [-0.4, -0.2) is 44.7 Å². The number of benzene rings is 1. The summed E-state index contributed by atoms with van der Waals surface area (Å²) < 4.78 is 6.77. The van der Waals surface area contributed by atoms with Crippen LogP contribution in [0.2, 0.25) is 0 Å². The van der Waals surface area contributed by atoms with Crippen LogP contribution in [0.5, 0.6) is 5.75 Å². The maximum absolute atomic E-state index is 5.62. The molecule has 1 N–H and O–H groups in total. The molecule has 1 aliphatic carbocycles. The Bertz CT molecular complexity index is 468. The van der Waals surface area contributed by atoms with Crippen LogP contribution in [0, 0.1) is 0 Å². The number of ether oxygens (including phenoxy) is 1. The zero-order valence-corrected chi connectivity index (χ0v) is 13.7. The summed E-state index contributed by atoms with van der Waals surface area (Å²) in [7, 11) is 1.78. The molecular formula is C16H23BrN2O. The minimum atomic E-state index is 0.298. The predicted molar refractivity (Wildman–Crippen MR) is 85.5 cm³/mol. The first-order chi connectivity index (χ1) is 9.73. The van der Waals surface area contributed by atoms with Crippen molar-refractivity contribution in [2.24, 2.45) is 0 Å². The number of nitrogens with zero attached hydrogens (tertiary/aromatic N) is 1. The van der Waals surface area contributed by atoms with Crippen LogP contribution in [0.15, 0.2) is 22.7 Å². The lowest BCUT2D eigenvalue weighted by Gasteiger charge is -2.47. The monoisotopic (exact) mass is 338 g/mol. The molecule has 1 aromatic carbocycles. The molecule has 1 aliphatic heterocycles. The van der Waals surface area contributed by atoms with Gasteiger partial charge in [-0.1, -0.05) is 22.4 Å². The van der Waals surface area contributed by atoms with Gasteiger partial charge in [-0.3, -0.25) is 4.90 Å². The highest BCUT2D eigenvalue weighted by molar-refractivity contribution is 9.10. The van der Waals surface area contributed by atoms with Gasteiger partial charge in [0, 0.05) is 48.2 Å². The van der Waals surface area contributed by atoms with Crippen LogP contribution >= 0.6 is 15.9 Å². The number of piperazine rings is 1. The maximum atomic E-state index is 5.62. The van der Waals surface area contributed by atoms with Crippen molar-refractivity contribution >= 4 is 15.9 Å². The lowest BCUT2D eigenvalue weighted by molar-refractivity contribution is 0.125. The Balaban J connectivity index is 1.86. The Labute approximate surface area is 129 Å². The Kier molecular flexibility index (Phi) is 4.34. The molecule has 1 aromatic rings. The first-order valence-electron chi connectivity index (χ1n) is 7.51. The molecule has 3 rings (SSSR count). The maximum Gasteiger partial charge on any atom is 0.122 e. The Hall–Kier alpha value is -0.580. The largest absolute Gasteiger partial charge is 0.496 e. The van der Waals surface area contributed by atoms with Gasteiger partial charge in [-0.15, -0.1) is 0 Å². The van der Waals surface area contributed by atoms with Gasteiger partial charge >= 0.3 is 0 Å². The molecule has 0 amide bonds. The zero-order chi connectivity index (χ0) is 14.0. The molecule has 2 fully saturated rings. The van der Waals surface area contributed by atoms with Crippen LogP contribution in [0.25, 0.3) is 0 Å². The van der Waals surface area contributed by atoms with E-state index in [-0.39, 0.29) is 0 Å². The molecule has 1 saturated carbocycles. The van der Waals surface area contributed by atoms with E-state index >= 15 is 0 Å². The van der Waals surface area contributed by atoms with Gasteiger partial charge in [0.15, 0.2) is 0 Å². The highest BCUT2D eigenvalue weighted by atomic mass is 79.9. The SMILES string of the molecule is COc1ccc(Br)cc1C1(CN2CCNCC2)CCC1. The van der Waals surface area contributed by atoms with Crippen molar-refractivity contribution < 1.29 is 4.74 Å². The molecular weight excluding hydrogens is 316 g/mol. The van der Waals surface area contributed by atoms with Crippen LogP contribution in [0.3, 0.4) is 0 Å². The molecule has 0 radical (unpaired) electrons. The summed E-state index contributed by atoms with van der Waals surface area (Å²) in [4.78, 5) is 2.61. The molecule has 1 heterocycles. The van der Waals surface area contributed by atoms with Crippen molar-refractivity contribution in [1.29, 1.82) is 0 Å². The van der Waals surface area contributed by atoms with Crippen LogP contribution < -0.4 is 10.1 Å². The van der Waals surface area contributed by atoms with E-state index in [9.17, 15) is 0 Å². The molecule has 0 bridgehead atoms.